The third-order valence-electron chi connectivity index (χ3n) is 9.57. The van der Waals surface area contributed by atoms with E-state index in [0.29, 0.717) is 5.56 Å². The van der Waals surface area contributed by atoms with E-state index in [1.165, 1.54) is 0 Å². The third-order valence-corrected chi connectivity index (χ3v) is 16.1. The molecular weight excluding hydrogens is 555 g/mol. The molecule has 0 spiro atoms. The normalized spacial score (nSPS) is 22.8. The van der Waals surface area contributed by atoms with Gasteiger partial charge < -0.3 is 0 Å². The molecule has 1 fully saturated rings. The molecule has 2 nitrogen and oxygen atoms in total. The van der Waals surface area contributed by atoms with Crippen molar-refractivity contribution in [1.82, 2.24) is 0 Å². The van der Waals surface area contributed by atoms with E-state index in [1.54, 1.807) is 0 Å². The minimum absolute atomic E-state index is 0.0284. The summed E-state index contributed by atoms with van der Waals surface area (Å²) in [5, 5.41) is 3.34. The zero-order valence-electron chi connectivity index (χ0n) is 24.7. The van der Waals surface area contributed by atoms with Crippen molar-refractivity contribution < 1.29 is 9.32 Å². The number of Topliss-reactive ketones (excluding diaryl/α,β-unsaturated/α-hetero) is 1. The second-order valence-corrected chi connectivity index (χ2v) is 16.4. The molecule has 216 valence electrons. The van der Waals surface area contributed by atoms with Crippen molar-refractivity contribution in [2.75, 3.05) is 0 Å². The number of rotatable bonds is 7. The van der Waals surface area contributed by atoms with Gasteiger partial charge in [-0.2, -0.15) is 0 Å². The predicted octanol–water partition coefficient (Wildman–Crippen LogP) is 8.41. The van der Waals surface area contributed by atoms with Gasteiger partial charge in [0, 0.05) is 0 Å². The standard InChI is InChI=1S/C41H35O2P/c1-32-39(33-20-8-2-9-21-33)41(35-24-12-4-13-25-35,40(42)34-22-10-3-11-23-34)43-44(32,36-26-14-5-15-27-36,37-28-16-6-17-29-37)38-30-18-7-19-31-38/h2-32,39H,1H3/t32-,39-,41-/m0/s1. The maximum absolute atomic E-state index is 15.5. The Hall–Kier alpha value is -4.62. The summed E-state index contributed by atoms with van der Waals surface area (Å²) in [6.45, 7) is -1.61. The van der Waals surface area contributed by atoms with E-state index in [2.05, 4.69) is 134 Å². The Bertz CT molecular complexity index is 1760. The van der Waals surface area contributed by atoms with Crippen LogP contribution in [0.2, 0.25) is 0 Å². The van der Waals surface area contributed by atoms with Crippen LogP contribution in [0, 0.1) is 0 Å². The fraction of sp³-hybridized carbons (Fsp3) is 0.0976. The van der Waals surface area contributed by atoms with Crippen LogP contribution in [0.1, 0.15) is 34.3 Å². The molecule has 3 heteroatoms. The van der Waals surface area contributed by atoms with Crippen LogP contribution in [-0.4, -0.2) is 11.4 Å². The van der Waals surface area contributed by atoms with E-state index in [-0.39, 0.29) is 17.4 Å². The van der Waals surface area contributed by atoms with Gasteiger partial charge in [0.05, 0.1) is 0 Å². The van der Waals surface area contributed by atoms with Crippen LogP contribution >= 0.6 is 6.83 Å². The van der Waals surface area contributed by atoms with E-state index in [4.69, 9.17) is 4.52 Å². The zero-order chi connectivity index (χ0) is 30.1. The molecule has 44 heavy (non-hydrogen) atoms. The van der Waals surface area contributed by atoms with E-state index in [0.717, 1.165) is 27.0 Å². The molecule has 6 aromatic rings. The van der Waals surface area contributed by atoms with Gasteiger partial charge in [0.25, 0.3) is 0 Å². The van der Waals surface area contributed by atoms with Crippen molar-refractivity contribution in [3.63, 3.8) is 0 Å². The van der Waals surface area contributed by atoms with Crippen LogP contribution in [0.15, 0.2) is 182 Å². The summed E-state index contributed by atoms with van der Waals surface area (Å²) in [4.78, 5) is 15.5. The molecule has 1 saturated heterocycles. The second-order valence-electron chi connectivity index (χ2n) is 11.6. The summed E-state index contributed by atoms with van der Waals surface area (Å²) >= 11 is 0. The number of carbonyl (C=O) groups is 1. The van der Waals surface area contributed by atoms with E-state index >= 15 is 4.79 Å². The summed E-state index contributed by atoms with van der Waals surface area (Å²) < 4.78 is 8.25. The first-order chi connectivity index (χ1) is 21.6. The first kappa shape index (κ1) is 28.2. The summed E-state index contributed by atoms with van der Waals surface area (Å²) in [7, 11) is 0. The molecule has 7 rings (SSSR count). The average Bonchev–Trinajstić information content (AvgIpc) is 3.38. The first-order valence-corrected chi connectivity index (χ1v) is 17.4. The Morgan fingerprint density at radius 1 is 0.523 bits per heavy atom. The van der Waals surface area contributed by atoms with Crippen molar-refractivity contribution in [2.24, 2.45) is 0 Å². The van der Waals surface area contributed by atoms with E-state index < -0.39 is 12.4 Å². The molecule has 0 aliphatic carbocycles. The molecule has 1 aliphatic heterocycles. The molecular formula is C41H35O2P. The fourth-order valence-corrected chi connectivity index (χ4v) is 14.7. The van der Waals surface area contributed by atoms with Crippen LogP contribution in [0.4, 0.5) is 0 Å². The van der Waals surface area contributed by atoms with Crippen LogP contribution < -0.4 is 15.9 Å². The molecule has 0 N–H and O–H groups in total. The summed E-state index contributed by atoms with van der Waals surface area (Å²) in [5.74, 6) is -0.337. The quantitative estimate of drug-likeness (QED) is 0.138. The molecule has 6 aromatic carbocycles. The summed E-state index contributed by atoms with van der Waals surface area (Å²) in [6.07, 6.45) is 0. The van der Waals surface area contributed by atoms with Crippen molar-refractivity contribution in [1.29, 1.82) is 0 Å². The van der Waals surface area contributed by atoms with Gasteiger partial charge in [-0.1, -0.05) is 0 Å². The van der Waals surface area contributed by atoms with Gasteiger partial charge in [0.15, 0.2) is 0 Å². The topological polar surface area (TPSA) is 26.3 Å². The SMILES string of the molecule is C[C@H]1[C@@H](c2ccccc2)[C@](C(=O)c2ccccc2)(c2ccccc2)OP1(c1ccccc1)(c1ccccc1)c1ccccc1. The maximum atomic E-state index is 15.5. The number of hydrogen-bond acceptors (Lipinski definition) is 2. The van der Waals surface area contributed by atoms with Crippen LogP contribution in [0.3, 0.4) is 0 Å². The summed E-state index contributed by atoms with van der Waals surface area (Å²) in [5.41, 5.74) is 1.13. The van der Waals surface area contributed by atoms with Gasteiger partial charge >= 0.3 is 261 Å². The molecule has 0 saturated carbocycles. The second kappa shape index (κ2) is 11.1. The molecule has 1 aliphatic rings. The van der Waals surface area contributed by atoms with Gasteiger partial charge in [-0.25, -0.2) is 0 Å². The van der Waals surface area contributed by atoms with Crippen molar-refractivity contribution in [3.8, 4) is 0 Å². The number of carbonyl (C=O) groups excluding carboxylic acids is 1. The Morgan fingerprint density at radius 2 is 0.886 bits per heavy atom. The van der Waals surface area contributed by atoms with Gasteiger partial charge in [-0.05, 0) is 0 Å². The molecule has 0 bridgehead atoms. The molecule has 0 radical (unpaired) electrons. The molecule has 1 heterocycles. The van der Waals surface area contributed by atoms with Gasteiger partial charge in [0.2, 0.25) is 0 Å². The molecule has 0 unspecified atom stereocenters. The van der Waals surface area contributed by atoms with Gasteiger partial charge in [-0.15, -0.1) is 0 Å². The van der Waals surface area contributed by atoms with Crippen molar-refractivity contribution in [2.45, 2.75) is 24.1 Å². The minimum atomic E-state index is -3.94. The summed E-state index contributed by atoms with van der Waals surface area (Å²) in [6, 6.07) is 62.4. The van der Waals surface area contributed by atoms with E-state index in [1.807, 2.05) is 54.6 Å². The first-order valence-electron chi connectivity index (χ1n) is 15.2. The number of benzene rings is 6. The van der Waals surface area contributed by atoms with Crippen LogP contribution in [0.5, 0.6) is 0 Å². The Morgan fingerprint density at radius 3 is 1.32 bits per heavy atom. The fourth-order valence-electron chi connectivity index (χ4n) is 7.76. The third kappa shape index (κ3) is 3.92. The average molecular weight is 591 g/mol. The Kier molecular flexibility index (Phi) is 7.13. The van der Waals surface area contributed by atoms with E-state index in [9.17, 15) is 0 Å². The Balaban J connectivity index is 1.71. The van der Waals surface area contributed by atoms with Crippen LogP contribution in [-0.2, 0) is 10.1 Å². The Labute approximate surface area is 260 Å². The molecule has 3 atom stereocenters. The predicted molar refractivity (Wildman–Crippen MR) is 184 cm³/mol. The number of hydrogen-bond donors (Lipinski definition) is 0. The van der Waals surface area contributed by atoms with Gasteiger partial charge in [-0.3, -0.25) is 0 Å². The van der Waals surface area contributed by atoms with Crippen LogP contribution in [0.25, 0.3) is 0 Å². The van der Waals surface area contributed by atoms with Crippen molar-refractivity contribution >= 4 is 28.5 Å². The van der Waals surface area contributed by atoms with Crippen molar-refractivity contribution in [3.05, 3.63) is 199 Å². The van der Waals surface area contributed by atoms with Gasteiger partial charge in [0.1, 0.15) is 0 Å². The monoisotopic (exact) mass is 590 g/mol. The molecule has 0 aromatic heterocycles. The molecule has 0 amide bonds. The number of ketones is 1. The zero-order valence-corrected chi connectivity index (χ0v) is 25.6.